The van der Waals surface area contributed by atoms with Gasteiger partial charge in [-0.3, -0.25) is 4.79 Å². The number of carbonyl (C=O) groups excluding carboxylic acids is 1. The molecule has 2 heterocycles. The zero-order valence-corrected chi connectivity index (χ0v) is 18.4. The molecule has 160 valence electrons. The van der Waals surface area contributed by atoms with E-state index in [0.717, 1.165) is 16.8 Å². The standard InChI is InChI=1S/C22H27N3O4S/c1-4-25(5-2)30(27,28)20-11-8-18(9-12-20)10-13-21(26)29-16-19-15-24-14-6-7-17(3)22(24)23-19/h6-9,11-12,14-15H,4-5,10,13,16H2,1-3H3. The maximum Gasteiger partial charge on any atom is 0.306 e. The second kappa shape index (κ2) is 9.40. The monoisotopic (exact) mass is 429 g/mol. The number of carbonyl (C=O) groups is 1. The van der Waals surface area contributed by atoms with Crippen molar-refractivity contribution in [1.29, 1.82) is 0 Å². The molecule has 0 radical (unpaired) electrons. The van der Waals surface area contributed by atoms with Crippen LogP contribution in [0.5, 0.6) is 0 Å². The lowest BCUT2D eigenvalue weighted by Crippen LogP contribution is -2.30. The fraction of sp³-hybridized carbons (Fsp3) is 0.364. The fourth-order valence-corrected chi connectivity index (χ4v) is 4.75. The number of hydrogen-bond acceptors (Lipinski definition) is 5. The van der Waals surface area contributed by atoms with Gasteiger partial charge in [-0.15, -0.1) is 0 Å². The van der Waals surface area contributed by atoms with Crippen LogP contribution in [0, 0.1) is 6.92 Å². The van der Waals surface area contributed by atoms with Crippen LogP contribution in [0.1, 0.15) is 37.1 Å². The smallest absolute Gasteiger partial charge is 0.306 e. The average molecular weight is 430 g/mol. The van der Waals surface area contributed by atoms with Crippen molar-refractivity contribution >= 4 is 21.6 Å². The van der Waals surface area contributed by atoms with Crippen molar-refractivity contribution in [3.8, 4) is 0 Å². The predicted octanol–water partition coefficient (Wildman–Crippen LogP) is 3.35. The van der Waals surface area contributed by atoms with E-state index in [0.29, 0.717) is 25.2 Å². The summed E-state index contributed by atoms with van der Waals surface area (Å²) in [5.41, 5.74) is 3.49. The van der Waals surface area contributed by atoms with Gasteiger partial charge in [0.1, 0.15) is 12.3 Å². The van der Waals surface area contributed by atoms with E-state index >= 15 is 0 Å². The summed E-state index contributed by atoms with van der Waals surface area (Å²) in [6, 6.07) is 10.6. The van der Waals surface area contributed by atoms with Gasteiger partial charge in [-0.25, -0.2) is 13.4 Å². The van der Waals surface area contributed by atoms with Gasteiger partial charge in [-0.2, -0.15) is 4.31 Å². The van der Waals surface area contributed by atoms with E-state index in [1.54, 1.807) is 24.3 Å². The molecule has 30 heavy (non-hydrogen) atoms. The Kier molecular flexibility index (Phi) is 6.89. The molecule has 3 rings (SSSR count). The Morgan fingerprint density at radius 3 is 2.47 bits per heavy atom. The fourth-order valence-electron chi connectivity index (χ4n) is 3.29. The van der Waals surface area contributed by atoms with Gasteiger partial charge in [0.05, 0.1) is 10.6 Å². The van der Waals surface area contributed by atoms with Gasteiger partial charge < -0.3 is 9.14 Å². The maximum absolute atomic E-state index is 12.5. The minimum atomic E-state index is -3.47. The van der Waals surface area contributed by atoms with Crippen molar-refractivity contribution in [1.82, 2.24) is 13.7 Å². The lowest BCUT2D eigenvalue weighted by molar-refractivity contribution is -0.145. The highest BCUT2D eigenvalue weighted by Crippen LogP contribution is 2.17. The van der Waals surface area contributed by atoms with Gasteiger partial charge in [-0.1, -0.05) is 32.0 Å². The van der Waals surface area contributed by atoms with E-state index in [1.807, 2.05) is 49.7 Å². The highest BCUT2D eigenvalue weighted by molar-refractivity contribution is 7.89. The van der Waals surface area contributed by atoms with Crippen LogP contribution in [0.2, 0.25) is 0 Å². The van der Waals surface area contributed by atoms with Crippen molar-refractivity contribution in [2.24, 2.45) is 0 Å². The lowest BCUT2D eigenvalue weighted by Gasteiger charge is -2.18. The van der Waals surface area contributed by atoms with Crippen LogP contribution in [0.25, 0.3) is 5.65 Å². The molecule has 0 atom stereocenters. The largest absolute Gasteiger partial charge is 0.459 e. The first-order valence-corrected chi connectivity index (χ1v) is 11.5. The molecule has 0 spiro atoms. The van der Waals surface area contributed by atoms with Crippen molar-refractivity contribution in [3.63, 3.8) is 0 Å². The Morgan fingerprint density at radius 1 is 1.13 bits per heavy atom. The number of fused-ring (bicyclic) bond motifs is 1. The number of aryl methyl sites for hydroxylation is 2. The van der Waals surface area contributed by atoms with Crippen molar-refractivity contribution in [3.05, 3.63) is 65.6 Å². The molecule has 0 saturated carbocycles. The minimum Gasteiger partial charge on any atom is -0.459 e. The van der Waals surface area contributed by atoms with E-state index in [9.17, 15) is 13.2 Å². The number of rotatable bonds is 9. The number of benzene rings is 1. The normalized spacial score (nSPS) is 11.9. The molecule has 0 amide bonds. The predicted molar refractivity (Wildman–Crippen MR) is 115 cm³/mol. The molecule has 0 aliphatic heterocycles. The molecule has 0 aliphatic carbocycles. The van der Waals surface area contributed by atoms with Crippen LogP contribution < -0.4 is 0 Å². The Bertz CT molecular complexity index is 1120. The van der Waals surface area contributed by atoms with Gasteiger partial charge in [0.2, 0.25) is 10.0 Å². The average Bonchev–Trinajstić information content (AvgIpc) is 3.16. The molecule has 0 aliphatic rings. The molecule has 0 saturated heterocycles. The van der Waals surface area contributed by atoms with Gasteiger partial charge in [0.25, 0.3) is 0 Å². The Labute approximate surface area is 177 Å². The molecular weight excluding hydrogens is 402 g/mol. The summed E-state index contributed by atoms with van der Waals surface area (Å²) in [6.07, 6.45) is 4.46. The lowest BCUT2D eigenvalue weighted by atomic mass is 10.1. The zero-order valence-electron chi connectivity index (χ0n) is 17.5. The van der Waals surface area contributed by atoms with E-state index in [-0.39, 0.29) is 23.9 Å². The summed E-state index contributed by atoms with van der Waals surface area (Å²) in [7, 11) is -3.47. The van der Waals surface area contributed by atoms with Gasteiger partial charge in [0.15, 0.2) is 0 Å². The topological polar surface area (TPSA) is 81.0 Å². The highest BCUT2D eigenvalue weighted by atomic mass is 32.2. The number of sulfonamides is 1. The van der Waals surface area contributed by atoms with E-state index in [4.69, 9.17) is 4.74 Å². The number of nitrogens with zero attached hydrogens (tertiary/aromatic N) is 3. The summed E-state index contributed by atoms with van der Waals surface area (Å²) in [5.74, 6) is -0.316. The third-order valence-corrected chi connectivity index (χ3v) is 7.06. The van der Waals surface area contributed by atoms with E-state index in [2.05, 4.69) is 4.98 Å². The Hall–Kier alpha value is -2.71. The van der Waals surface area contributed by atoms with Crippen molar-refractivity contribution in [2.45, 2.75) is 45.1 Å². The van der Waals surface area contributed by atoms with Crippen LogP contribution in [-0.4, -0.2) is 41.2 Å². The molecule has 0 N–H and O–H groups in total. The second-order valence-electron chi connectivity index (χ2n) is 7.05. The number of esters is 1. The van der Waals surface area contributed by atoms with E-state index < -0.39 is 10.0 Å². The van der Waals surface area contributed by atoms with Crippen LogP contribution in [0.4, 0.5) is 0 Å². The van der Waals surface area contributed by atoms with Crippen LogP contribution in [0.3, 0.4) is 0 Å². The third kappa shape index (κ3) is 4.88. The summed E-state index contributed by atoms with van der Waals surface area (Å²) < 4.78 is 33.7. The molecule has 7 nitrogen and oxygen atoms in total. The number of ether oxygens (including phenoxy) is 1. The first-order valence-electron chi connectivity index (χ1n) is 10.0. The summed E-state index contributed by atoms with van der Waals surface area (Å²) >= 11 is 0. The Morgan fingerprint density at radius 2 is 1.83 bits per heavy atom. The van der Waals surface area contributed by atoms with Gasteiger partial charge in [-0.05, 0) is 42.7 Å². The molecule has 8 heteroatoms. The SMILES string of the molecule is CCN(CC)S(=O)(=O)c1ccc(CCC(=O)OCc2cn3cccc(C)c3n2)cc1. The number of pyridine rings is 1. The van der Waals surface area contributed by atoms with Crippen LogP contribution >= 0.6 is 0 Å². The first-order chi connectivity index (χ1) is 14.3. The second-order valence-corrected chi connectivity index (χ2v) is 8.99. The molecule has 0 bridgehead atoms. The highest BCUT2D eigenvalue weighted by Gasteiger charge is 2.21. The first kappa shape index (κ1) is 22.0. The molecule has 0 fully saturated rings. The molecule has 0 unspecified atom stereocenters. The number of imidazole rings is 1. The minimum absolute atomic E-state index is 0.126. The zero-order chi connectivity index (χ0) is 21.7. The molecule has 2 aromatic heterocycles. The number of aromatic nitrogens is 2. The maximum atomic E-state index is 12.5. The Balaban J connectivity index is 1.53. The van der Waals surface area contributed by atoms with Crippen LogP contribution in [-0.2, 0) is 32.6 Å². The van der Waals surface area contributed by atoms with Crippen molar-refractivity contribution in [2.75, 3.05) is 13.1 Å². The van der Waals surface area contributed by atoms with Crippen LogP contribution in [0.15, 0.2) is 53.7 Å². The summed E-state index contributed by atoms with van der Waals surface area (Å²) in [5, 5.41) is 0. The molecule has 3 aromatic rings. The van der Waals surface area contributed by atoms with Gasteiger partial charge >= 0.3 is 5.97 Å². The van der Waals surface area contributed by atoms with Crippen molar-refractivity contribution < 1.29 is 17.9 Å². The summed E-state index contributed by atoms with van der Waals surface area (Å²) in [4.78, 5) is 16.9. The quantitative estimate of drug-likeness (QED) is 0.487. The third-order valence-electron chi connectivity index (χ3n) is 4.99. The van der Waals surface area contributed by atoms with Gasteiger partial charge in [0, 0.05) is 31.9 Å². The summed E-state index contributed by atoms with van der Waals surface area (Å²) in [6.45, 7) is 6.59. The molecular formula is C22H27N3O4S. The molecule has 1 aromatic carbocycles. The van der Waals surface area contributed by atoms with E-state index in [1.165, 1.54) is 4.31 Å². The number of hydrogen-bond donors (Lipinski definition) is 0.